The average Bonchev–Trinajstić information content (AvgIpc) is 2.91. The molecule has 0 aliphatic rings. The van der Waals surface area contributed by atoms with E-state index < -0.39 is 5.56 Å². The number of aromatic nitrogens is 4. The fourth-order valence-corrected chi connectivity index (χ4v) is 1.79. The maximum absolute atomic E-state index is 11.8. The number of aliphatic hydroxyl groups excluding tert-OH is 1. The first kappa shape index (κ1) is 13.6. The second-order valence-electron chi connectivity index (χ2n) is 3.82. The van der Waals surface area contributed by atoms with Gasteiger partial charge in [0.2, 0.25) is 0 Å². The topological polar surface area (TPSA) is 85.0 Å². The van der Waals surface area contributed by atoms with Crippen LogP contribution in [0.3, 0.4) is 0 Å². The Bertz CT molecular complexity index is 581. The molecular formula is C11H14ClN5O2. The lowest BCUT2D eigenvalue weighted by molar-refractivity contribution is 0.266. The summed E-state index contributed by atoms with van der Waals surface area (Å²) in [7, 11) is 0. The number of hydrogen-bond donors (Lipinski definition) is 2. The van der Waals surface area contributed by atoms with Crippen LogP contribution in [0.5, 0.6) is 0 Å². The van der Waals surface area contributed by atoms with E-state index in [2.05, 4.69) is 15.5 Å². The summed E-state index contributed by atoms with van der Waals surface area (Å²) >= 11 is 5.95. The predicted octanol–water partition coefficient (Wildman–Crippen LogP) is 0.198. The highest BCUT2D eigenvalue weighted by Gasteiger charge is 2.08. The number of rotatable bonds is 6. The fraction of sp³-hybridized carbons (Fsp3) is 0.364. The van der Waals surface area contributed by atoms with Gasteiger partial charge in [-0.3, -0.25) is 9.48 Å². The first-order chi connectivity index (χ1) is 9.22. The van der Waals surface area contributed by atoms with Crippen LogP contribution in [0, 0.1) is 0 Å². The van der Waals surface area contributed by atoms with Crippen LogP contribution in [0.1, 0.15) is 0 Å². The minimum Gasteiger partial charge on any atom is -0.394 e. The number of aliphatic hydroxyl groups is 1. The molecule has 0 aromatic carbocycles. The third kappa shape index (κ3) is 3.33. The van der Waals surface area contributed by atoms with Crippen molar-refractivity contribution < 1.29 is 5.11 Å². The standard InChI is InChI=1S/C11H14ClN5O2/c12-10-9(8-15-17(6-7-18)11(10)19)13-3-5-16-4-1-2-14-16/h1-2,4,8,13,18H,3,5-7H2. The molecule has 2 heterocycles. The molecule has 0 unspecified atom stereocenters. The Kier molecular flexibility index (Phi) is 4.53. The van der Waals surface area contributed by atoms with Crippen molar-refractivity contribution in [2.45, 2.75) is 13.1 Å². The monoisotopic (exact) mass is 283 g/mol. The van der Waals surface area contributed by atoms with Crippen LogP contribution in [0.15, 0.2) is 29.5 Å². The number of nitrogens with one attached hydrogen (secondary N) is 1. The average molecular weight is 284 g/mol. The summed E-state index contributed by atoms with van der Waals surface area (Å²) in [5.41, 5.74) is 0.0628. The molecule has 0 radical (unpaired) electrons. The summed E-state index contributed by atoms with van der Waals surface area (Å²) in [4.78, 5) is 11.8. The van der Waals surface area contributed by atoms with Crippen molar-refractivity contribution in [3.63, 3.8) is 0 Å². The van der Waals surface area contributed by atoms with Crippen LogP contribution < -0.4 is 10.9 Å². The van der Waals surface area contributed by atoms with Gasteiger partial charge in [0.05, 0.1) is 31.6 Å². The van der Waals surface area contributed by atoms with Crippen molar-refractivity contribution in [2.24, 2.45) is 0 Å². The zero-order valence-electron chi connectivity index (χ0n) is 10.2. The molecule has 0 bridgehead atoms. The Hall–Kier alpha value is -1.86. The Morgan fingerprint density at radius 2 is 2.21 bits per heavy atom. The molecule has 7 nitrogen and oxygen atoms in total. The van der Waals surface area contributed by atoms with Crippen molar-refractivity contribution in [3.8, 4) is 0 Å². The number of halogens is 1. The van der Waals surface area contributed by atoms with E-state index in [0.29, 0.717) is 18.8 Å². The Morgan fingerprint density at radius 1 is 1.37 bits per heavy atom. The summed E-state index contributed by atoms with van der Waals surface area (Å²) in [6, 6.07) is 1.84. The normalized spacial score (nSPS) is 10.6. The Morgan fingerprint density at radius 3 is 2.89 bits per heavy atom. The van der Waals surface area contributed by atoms with Crippen molar-refractivity contribution in [3.05, 3.63) is 40.0 Å². The van der Waals surface area contributed by atoms with Gasteiger partial charge in [-0.25, -0.2) is 4.68 Å². The van der Waals surface area contributed by atoms with Crippen LogP contribution >= 0.6 is 11.6 Å². The van der Waals surface area contributed by atoms with E-state index in [-0.39, 0.29) is 18.2 Å². The second kappa shape index (κ2) is 6.35. The van der Waals surface area contributed by atoms with Gasteiger partial charge in [0.15, 0.2) is 0 Å². The van der Waals surface area contributed by atoms with Crippen LogP contribution in [-0.4, -0.2) is 37.8 Å². The molecule has 0 fully saturated rings. The lowest BCUT2D eigenvalue weighted by Gasteiger charge is -2.09. The molecule has 2 aromatic heterocycles. The van der Waals surface area contributed by atoms with Gasteiger partial charge in [-0.1, -0.05) is 11.6 Å². The highest BCUT2D eigenvalue weighted by Crippen LogP contribution is 2.14. The minimum absolute atomic E-state index is 0.0731. The van der Waals surface area contributed by atoms with Gasteiger partial charge in [0.25, 0.3) is 5.56 Å². The number of anilines is 1. The highest BCUT2D eigenvalue weighted by atomic mass is 35.5. The van der Waals surface area contributed by atoms with E-state index in [0.717, 1.165) is 4.68 Å². The van der Waals surface area contributed by atoms with Gasteiger partial charge in [0, 0.05) is 18.9 Å². The van der Waals surface area contributed by atoms with Crippen molar-refractivity contribution in [1.29, 1.82) is 0 Å². The molecule has 102 valence electrons. The molecule has 8 heteroatoms. The zero-order chi connectivity index (χ0) is 13.7. The zero-order valence-corrected chi connectivity index (χ0v) is 10.9. The molecule has 0 aliphatic heterocycles. The Balaban J connectivity index is 2.01. The van der Waals surface area contributed by atoms with E-state index in [1.807, 2.05) is 12.3 Å². The van der Waals surface area contributed by atoms with Crippen molar-refractivity contribution >= 4 is 17.3 Å². The summed E-state index contributed by atoms with van der Waals surface area (Å²) in [5, 5.41) is 19.9. The molecular weight excluding hydrogens is 270 g/mol. The highest BCUT2D eigenvalue weighted by molar-refractivity contribution is 6.32. The first-order valence-electron chi connectivity index (χ1n) is 5.80. The van der Waals surface area contributed by atoms with Crippen molar-refractivity contribution in [1.82, 2.24) is 19.6 Å². The van der Waals surface area contributed by atoms with E-state index in [1.165, 1.54) is 6.20 Å². The SMILES string of the molecule is O=c1c(Cl)c(NCCn2cccn2)cnn1CCO. The molecule has 0 amide bonds. The van der Waals surface area contributed by atoms with Crippen molar-refractivity contribution in [2.75, 3.05) is 18.5 Å². The number of hydrogen-bond acceptors (Lipinski definition) is 5. The minimum atomic E-state index is -0.417. The Labute approximate surface area is 114 Å². The maximum Gasteiger partial charge on any atom is 0.287 e. The van der Waals surface area contributed by atoms with Gasteiger partial charge < -0.3 is 10.4 Å². The lowest BCUT2D eigenvalue weighted by Crippen LogP contribution is -2.26. The fourth-order valence-electron chi connectivity index (χ4n) is 1.58. The third-order valence-electron chi connectivity index (χ3n) is 2.51. The summed E-state index contributed by atoms with van der Waals surface area (Å²) in [5.74, 6) is 0. The van der Waals surface area contributed by atoms with Crippen LogP contribution in [0.4, 0.5) is 5.69 Å². The van der Waals surface area contributed by atoms with E-state index in [9.17, 15) is 4.79 Å². The van der Waals surface area contributed by atoms with Gasteiger partial charge in [-0.15, -0.1) is 0 Å². The van der Waals surface area contributed by atoms with Gasteiger partial charge in [-0.2, -0.15) is 10.2 Å². The molecule has 0 saturated heterocycles. The summed E-state index contributed by atoms with van der Waals surface area (Å²) < 4.78 is 2.89. The molecule has 0 aliphatic carbocycles. The predicted molar refractivity (Wildman–Crippen MR) is 71.3 cm³/mol. The third-order valence-corrected chi connectivity index (χ3v) is 2.88. The first-order valence-corrected chi connectivity index (χ1v) is 6.18. The molecule has 2 N–H and O–H groups in total. The molecule has 0 atom stereocenters. The summed E-state index contributed by atoms with van der Waals surface area (Å²) in [6.45, 7) is 1.21. The largest absolute Gasteiger partial charge is 0.394 e. The molecule has 19 heavy (non-hydrogen) atoms. The second-order valence-corrected chi connectivity index (χ2v) is 4.20. The van der Waals surface area contributed by atoms with Crippen LogP contribution in [0.25, 0.3) is 0 Å². The maximum atomic E-state index is 11.8. The van der Waals surface area contributed by atoms with Gasteiger partial charge in [-0.05, 0) is 6.07 Å². The number of nitrogens with zero attached hydrogens (tertiary/aromatic N) is 4. The summed E-state index contributed by atoms with van der Waals surface area (Å²) in [6.07, 6.45) is 5.02. The lowest BCUT2D eigenvalue weighted by atomic mass is 10.4. The van der Waals surface area contributed by atoms with E-state index in [1.54, 1.807) is 10.9 Å². The smallest absolute Gasteiger partial charge is 0.287 e. The molecule has 0 saturated carbocycles. The molecule has 2 aromatic rings. The van der Waals surface area contributed by atoms with E-state index >= 15 is 0 Å². The van der Waals surface area contributed by atoms with Gasteiger partial charge >= 0.3 is 0 Å². The van der Waals surface area contributed by atoms with Crippen LogP contribution in [-0.2, 0) is 13.1 Å². The van der Waals surface area contributed by atoms with E-state index in [4.69, 9.17) is 16.7 Å². The van der Waals surface area contributed by atoms with Crippen LogP contribution in [0.2, 0.25) is 5.02 Å². The molecule has 2 rings (SSSR count). The quantitative estimate of drug-likeness (QED) is 0.791. The molecule has 0 spiro atoms. The van der Waals surface area contributed by atoms with Gasteiger partial charge in [0.1, 0.15) is 5.02 Å².